The largest absolute Gasteiger partial charge is 0.369 e. The van der Waals surface area contributed by atoms with Crippen molar-refractivity contribution in [2.45, 2.75) is 31.2 Å². The SMILES string of the molecule is Cl.O=C1NC2(CCCc3ccccc32)C(=O)N1CCCN1CCN(c2cccc(Cl)c2)CC1. The first kappa shape index (κ1) is 23.9. The van der Waals surface area contributed by atoms with Gasteiger partial charge in [0.1, 0.15) is 5.54 Å². The van der Waals surface area contributed by atoms with E-state index in [4.69, 9.17) is 11.6 Å². The Bertz CT molecular complexity index is 1020. The molecule has 6 nitrogen and oxygen atoms in total. The van der Waals surface area contributed by atoms with Gasteiger partial charge in [-0.05, 0) is 61.6 Å². The number of imide groups is 1. The highest BCUT2D eigenvalue weighted by Gasteiger charge is 2.53. The van der Waals surface area contributed by atoms with Crippen LogP contribution < -0.4 is 10.2 Å². The van der Waals surface area contributed by atoms with Crippen LogP contribution in [0.15, 0.2) is 48.5 Å². The number of nitrogens with zero attached hydrogens (tertiary/aromatic N) is 3. The summed E-state index contributed by atoms with van der Waals surface area (Å²) in [5.41, 5.74) is 2.44. The van der Waals surface area contributed by atoms with E-state index in [1.807, 2.05) is 36.4 Å². The van der Waals surface area contributed by atoms with Crippen LogP contribution in [0.2, 0.25) is 5.02 Å². The molecule has 0 bridgehead atoms. The van der Waals surface area contributed by atoms with Gasteiger partial charge in [-0.3, -0.25) is 14.6 Å². The van der Waals surface area contributed by atoms with Crippen LogP contribution in [-0.4, -0.2) is 61.0 Å². The molecule has 2 heterocycles. The van der Waals surface area contributed by atoms with Crippen molar-refractivity contribution >= 4 is 41.6 Å². The predicted octanol–water partition coefficient (Wildman–Crippen LogP) is 4.06. The van der Waals surface area contributed by atoms with Crippen LogP contribution in [0.3, 0.4) is 0 Å². The van der Waals surface area contributed by atoms with Crippen molar-refractivity contribution in [3.05, 3.63) is 64.7 Å². The summed E-state index contributed by atoms with van der Waals surface area (Å²) in [6.07, 6.45) is 3.33. The zero-order valence-electron chi connectivity index (χ0n) is 18.6. The standard InChI is InChI=1S/C25H29ClN4O2.ClH/c26-20-8-3-9-21(18-20)29-16-14-28(15-17-29)12-5-13-30-23(31)25(27-24(30)32)11-4-7-19-6-1-2-10-22(19)25;/h1-3,6,8-10,18H,4-5,7,11-17H2,(H,27,32);1H. The third-order valence-electron chi connectivity index (χ3n) is 7.05. The number of hydrogen-bond acceptors (Lipinski definition) is 4. The molecule has 33 heavy (non-hydrogen) atoms. The first-order valence-corrected chi connectivity index (χ1v) is 11.9. The summed E-state index contributed by atoms with van der Waals surface area (Å²) < 4.78 is 0. The van der Waals surface area contributed by atoms with Gasteiger partial charge in [0.05, 0.1) is 0 Å². The Morgan fingerprint density at radius 3 is 2.55 bits per heavy atom. The van der Waals surface area contributed by atoms with Crippen LogP contribution in [0.4, 0.5) is 10.5 Å². The number of carbonyl (C=O) groups is 2. The van der Waals surface area contributed by atoms with Crippen LogP contribution >= 0.6 is 24.0 Å². The predicted molar refractivity (Wildman–Crippen MR) is 133 cm³/mol. The molecular formula is C25H30Cl2N4O2. The van der Waals surface area contributed by atoms with Gasteiger partial charge < -0.3 is 10.2 Å². The quantitative estimate of drug-likeness (QED) is 0.644. The van der Waals surface area contributed by atoms with Crippen LogP contribution in [0.1, 0.15) is 30.4 Å². The fourth-order valence-electron chi connectivity index (χ4n) is 5.37. The third-order valence-corrected chi connectivity index (χ3v) is 7.29. The Morgan fingerprint density at radius 2 is 1.76 bits per heavy atom. The van der Waals surface area contributed by atoms with Crippen molar-refractivity contribution in [3.8, 4) is 0 Å². The van der Waals surface area contributed by atoms with Gasteiger partial charge >= 0.3 is 6.03 Å². The number of amides is 3. The van der Waals surface area contributed by atoms with Gasteiger partial charge in [-0.25, -0.2) is 4.79 Å². The summed E-state index contributed by atoms with van der Waals surface area (Å²) in [5.74, 6) is -0.0829. The smallest absolute Gasteiger partial charge is 0.325 e. The van der Waals surface area contributed by atoms with E-state index in [-0.39, 0.29) is 24.3 Å². The Balaban J connectivity index is 0.00000259. The lowest BCUT2D eigenvalue weighted by atomic mass is 9.76. The minimum atomic E-state index is -0.867. The molecule has 2 aliphatic heterocycles. The molecule has 0 aromatic heterocycles. The molecule has 1 N–H and O–H groups in total. The van der Waals surface area contributed by atoms with Crippen LogP contribution in [0.5, 0.6) is 0 Å². The number of hydrogen-bond donors (Lipinski definition) is 1. The molecule has 2 saturated heterocycles. The van der Waals surface area contributed by atoms with Crippen LogP contribution in [-0.2, 0) is 16.8 Å². The summed E-state index contributed by atoms with van der Waals surface area (Å²) in [7, 11) is 0. The molecule has 0 saturated carbocycles. The number of benzene rings is 2. The van der Waals surface area contributed by atoms with Gasteiger partial charge in [0.25, 0.3) is 5.91 Å². The summed E-state index contributed by atoms with van der Waals surface area (Å²) in [5, 5.41) is 3.81. The molecule has 3 aliphatic rings. The average Bonchev–Trinajstić information content (AvgIpc) is 3.04. The number of anilines is 1. The molecule has 1 aliphatic carbocycles. The van der Waals surface area contributed by atoms with E-state index in [0.717, 1.165) is 68.3 Å². The highest BCUT2D eigenvalue weighted by molar-refractivity contribution is 6.30. The van der Waals surface area contributed by atoms with Gasteiger partial charge in [-0.15, -0.1) is 12.4 Å². The molecule has 176 valence electrons. The van der Waals surface area contributed by atoms with E-state index in [1.54, 1.807) is 0 Å². The van der Waals surface area contributed by atoms with Crippen molar-refractivity contribution in [3.63, 3.8) is 0 Å². The van der Waals surface area contributed by atoms with E-state index >= 15 is 0 Å². The average molecular weight is 489 g/mol. The molecular weight excluding hydrogens is 459 g/mol. The van der Waals surface area contributed by atoms with Gasteiger partial charge in [0.2, 0.25) is 0 Å². The third kappa shape index (κ3) is 4.57. The van der Waals surface area contributed by atoms with E-state index in [2.05, 4.69) is 27.2 Å². The molecule has 1 atom stereocenters. The van der Waals surface area contributed by atoms with Crippen molar-refractivity contribution in [1.82, 2.24) is 15.1 Å². The number of halogens is 2. The summed E-state index contributed by atoms with van der Waals surface area (Å²) in [6.45, 7) is 5.16. The maximum atomic E-state index is 13.4. The van der Waals surface area contributed by atoms with Crippen LogP contribution in [0, 0.1) is 0 Å². The maximum Gasteiger partial charge on any atom is 0.325 e. The minimum Gasteiger partial charge on any atom is -0.369 e. The summed E-state index contributed by atoms with van der Waals surface area (Å²) in [4.78, 5) is 32.3. The summed E-state index contributed by atoms with van der Waals surface area (Å²) >= 11 is 6.13. The number of carbonyl (C=O) groups excluding carboxylic acids is 2. The Labute approximate surface area is 206 Å². The first-order valence-electron chi connectivity index (χ1n) is 11.5. The Kier molecular flexibility index (Phi) is 7.17. The molecule has 8 heteroatoms. The normalized spacial score (nSPS) is 22.8. The Morgan fingerprint density at radius 1 is 0.970 bits per heavy atom. The van der Waals surface area contributed by atoms with E-state index in [9.17, 15) is 9.59 Å². The first-order chi connectivity index (χ1) is 15.6. The lowest BCUT2D eigenvalue weighted by molar-refractivity contribution is -0.132. The molecule has 3 amide bonds. The highest BCUT2D eigenvalue weighted by Crippen LogP contribution is 2.39. The topological polar surface area (TPSA) is 55.9 Å². The number of fused-ring (bicyclic) bond motifs is 2. The van der Waals surface area contributed by atoms with Gasteiger partial charge in [0, 0.05) is 43.4 Å². The fourth-order valence-corrected chi connectivity index (χ4v) is 5.55. The number of urea groups is 1. The van der Waals surface area contributed by atoms with Gasteiger partial charge in [-0.2, -0.15) is 0 Å². The molecule has 5 rings (SSSR count). The monoisotopic (exact) mass is 488 g/mol. The summed E-state index contributed by atoms with van der Waals surface area (Å²) in [6, 6.07) is 15.8. The molecule has 2 aromatic rings. The van der Waals surface area contributed by atoms with E-state index < -0.39 is 5.54 Å². The number of rotatable bonds is 5. The second kappa shape index (κ2) is 9.92. The number of nitrogens with one attached hydrogen (secondary N) is 1. The second-order valence-electron chi connectivity index (χ2n) is 8.97. The van der Waals surface area contributed by atoms with E-state index in [1.165, 1.54) is 10.5 Å². The molecule has 2 fully saturated rings. The number of piperazine rings is 1. The van der Waals surface area contributed by atoms with Crippen molar-refractivity contribution < 1.29 is 9.59 Å². The molecule has 0 radical (unpaired) electrons. The lowest BCUT2D eigenvalue weighted by Gasteiger charge is -2.36. The maximum absolute atomic E-state index is 13.4. The van der Waals surface area contributed by atoms with E-state index in [0.29, 0.717) is 13.0 Å². The lowest BCUT2D eigenvalue weighted by Crippen LogP contribution is -2.47. The minimum absolute atomic E-state index is 0. The highest BCUT2D eigenvalue weighted by atomic mass is 35.5. The Hall–Kier alpha value is -2.28. The van der Waals surface area contributed by atoms with Crippen molar-refractivity contribution in [1.29, 1.82) is 0 Å². The molecule has 2 aromatic carbocycles. The second-order valence-corrected chi connectivity index (χ2v) is 9.40. The fraction of sp³-hybridized carbons (Fsp3) is 0.440. The van der Waals surface area contributed by atoms with Gasteiger partial charge in [-0.1, -0.05) is 41.9 Å². The zero-order chi connectivity index (χ0) is 22.1. The number of aryl methyl sites for hydroxylation is 1. The molecule has 1 spiro atoms. The van der Waals surface area contributed by atoms with Crippen molar-refractivity contribution in [2.24, 2.45) is 0 Å². The zero-order valence-corrected chi connectivity index (χ0v) is 20.2. The van der Waals surface area contributed by atoms with Crippen molar-refractivity contribution in [2.75, 3.05) is 44.2 Å². The van der Waals surface area contributed by atoms with Crippen LogP contribution in [0.25, 0.3) is 0 Å². The molecule has 1 unspecified atom stereocenters. The van der Waals surface area contributed by atoms with Gasteiger partial charge in [0.15, 0.2) is 0 Å².